The van der Waals surface area contributed by atoms with Gasteiger partial charge in [-0.25, -0.2) is 4.79 Å². The van der Waals surface area contributed by atoms with Crippen LogP contribution in [0.3, 0.4) is 0 Å². The number of carboxylic acid groups (broad SMARTS) is 1. The van der Waals surface area contributed by atoms with Crippen molar-refractivity contribution in [2.75, 3.05) is 6.54 Å². The fourth-order valence-corrected chi connectivity index (χ4v) is 2.66. The van der Waals surface area contributed by atoms with Gasteiger partial charge in [0.25, 0.3) is 0 Å². The Morgan fingerprint density at radius 2 is 1.61 bits per heavy atom. The van der Waals surface area contributed by atoms with Crippen LogP contribution >= 0.6 is 0 Å². The molecule has 3 N–H and O–H groups in total. The summed E-state index contributed by atoms with van der Waals surface area (Å²) >= 11 is 0. The second-order valence-electron chi connectivity index (χ2n) is 6.71. The van der Waals surface area contributed by atoms with Crippen LogP contribution in [0.1, 0.15) is 46.2 Å². The number of hydrogen-bond acceptors (Lipinski definition) is 2. The Morgan fingerprint density at radius 1 is 1.09 bits per heavy atom. The largest absolute Gasteiger partial charge is 0.465 e. The summed E-state index contributed by atoms with van der Waals surface area (Å²) in [6, 6.07) is 8.78. The number of hydrogen-bond donors (Lipinski definition) is 3. The van der Waals surface area contributed by atoms with Gasteiger partial charge in [-0.15, -0.1) is 0 Å². The minimum atomic E-state index is -1.11. The Balaban J connectivity index is 2.86. The number of rotatable bonds is 7. The molecule has 0 bridgehead atoms. The van der Waals surface area contributed by atoms with Gasteiger partial charge in [0.15, 0.2) is 0 Å². The summed E-state index contributed by atoms with van der Waals surface area (Å²) in [5.74, 6) is 0.325. The van der Waals surface area contributed by atoms with Gasteiger partial charge in [-0.3, -0.25) is 4.79 Å². The van der Waals surface area contributed by atoms with Crippen LogP contribution in [0.4, 0.5) is 4.79 Å². The molecular weight excluding hydrogens is 292 g/mol. The zero-order valence-corrected chi connectivity index (χ0v) is 14.6. The van der Waals surface area contributed by atoms with Crippen LogP contribution in [0.5, 0.6) is 0 Å². The van der Waals surface area contributed by atoms with Gasteiger partial charge in [0.05, 0.1) is 11.5 Å². The average molecular weight is 320 g/mol. The molecule has 1 unspecified atom stereocenters. The molecule has 128 valence electrons. The SMILES string of the molecule is CC(C)C(C)(C(=O)NCC(NC(=O)O)c1ccccc1)C(C)C. The highest BCUT2D eigenvalue weighted by atomic mass is 16.4. The number of nitrogens with one attached hydrogen (secondary N) is 2. The molecule has 2 amide bonds. The quantitative estimate of drug-likeness (QED) is 0.720. The van der Waals surface area contributed by atoms with E-state index in [1.807, 2.05) is 65.0 Å². The predicted octanol–water partition coefficient (Wildman–Crippen LogP) is 3.43. The van der Waals surface area contributed by atoms with Crippen molar-refractivity contribution in [3.8, 4) is 0 Å². The topological polar surface area (TPSA) is 78.4 Å². The van der Waals surface area contributed by atoms with Gasteiger partial charge >= 0.3 is 6.09 Å². The summed E-state index contributed by atoms with van der Waals surface area (Å²) in [5, 5.41) is 14.4. The van der Waals surface area contributed by atoms with E-state index in [1.54, 1.807) is 0 Å². The fraction of sp³-hybridized carbons (Fsp3) is 0.556. The monoisotopic (exact) mass is 320 g/mol. The number of carbonyl (C=O) groups is 2. The molecule has 0 fully saturated rings. The molecule has 5 nitrogen and oxygen atoms in total. The van der Waals surface area contributed by atoms with Crippen LogP contribution in [0.25, 0.3) is 0 Å². The fourth-order valence-electron chi connectivity index (χ4n) is 2.66. The van der Waals surface area contributed by atoms with Crippen molar-refractivity contribution in [2.45, 2.75) is 40.7 Å². The summed E-state index contributed by atoms with van der Waals surface area (Å²) in [6.45, 7) is 10.3. The maximum Gasteiger partial charge on any atom is 0.405 e. The van der Waals surface area contributed by atoms with Crippen molar-refractivity contribution < 1.29 is 14.7 Å². The van der Waals surface area contributed by atoms with Crippen LogP contribution < -0.4 is 10.6 Å². The Labute approximate surface area is 138 Å². The maximum atomic E-state index is 12.7. The second-order valence-corrected chi connectivity index (χ2v) is 6.71. The third kappa shape index (κ3) is 4.71. The van der Waals surface area contributed by atoms with Crippen molar-refractivity contribution in [1.82, 2.24) is 10.6 Å². The average Bonchev–Trinajstić information content (AvgIpc) is 2.50. The van der Waals surface area contributed by atoms with E-state index in [9.17, 15) is 9.59 Å². The van der Waals surface area contributed by atoms with Crippen LogP contribution in [0.2, 0.25) is 0 Å². The molecule has 0 aliphatic heterocycles. The van der Waals surface area contributed by atoms with Crippen molar-refractivity contribution in [3.05, 3.63) is 35.9 Å². The Morgan fingerprint density at radius 3 is 2.04 bits per heavy atom. The molecule has 0 saturated heterocycles. The van der Waals surface area contributed by atoms with Crippen molar-refractivity contribution in [1.29, 1.82) is 0 Å². The first-order valence-electron chi connectivity index (χ1n) is 8.02. The lowest BCUT2D eigenvalue weighted by atomic mass is 9.70. The molecule has 0 spiro atoms. The van der Waals surface area contributed by atoms with E-state index in [-0.39, 0.29) is 24.3 Å². The Hall–Kier alpha value is -2.04. The molecule has 1 rings (SSSR count). The zero-order chi connectivity index (χ0) is 17.6. The van der Waals surface area contributed by atoms with E-state index in [2.05, 4.69) is 10.6 Å². The first kappa shape index (κ1) is 19.0. The minimum Gasteiger partial charge on any atom is -0.465 e. The molecule has 0 aliphatic carbocycles. The van der Waals surface area contributed by atoms with Crippen LogP contribution in [0, 0.1) is 17.3 Å². The van der Waals surface area contributed by atoms with E-state index in [0.29, 0.717) is 0 Å². The van der Waals surface area contributed by atoms with Crippen LogP contribution in [0.15, 0.2) is 30.3 Å². The lowest BCUT2D eigenvalue weighted by Crippen LogP contribution is -2.48. The molecule has 0 heterocycles. The highest BCUT2D eigenvalue weighted by Crippen LogP contribution is 2.35. The summed E-state index contributed by atoms with van der Waals surface area (Å²) in [4.78, 5) is 23.7. The van der Waals surface area contributed by atoms with E-state index in [1.165, 1.54) is 0 Å². The molecule has 5 heteroatoms. The molecule has 0 radical (unpaired) electrons. The van der Waals surface area contributed by atoms with Gasteiger partial charge in [-0.2, -0.15) is 0 Å². The predicted molar refractivity (Wildman–Crippen MR) is 91.1 cm³/mol. The molecule has 1 aromatic rings. The number of amides is 2. The Bertz CT molecular complexity index is 518. The number of benzene rings is 1. The summed E-state index contributed by atoms with van der Waals surface area (Å²) in [5.41, 5.74) is 0.329. The molecular formula is C18H28N2O3. The van der Waals surface area contributed by atoms with Gasteiger partial charge in [0.1, 0.15) is 0 Å². The lowest BCUT2D eigenvalue weighted by Gasteiger charge is -2.36. The molecule has 1 atom stereocenters. The second kappa shape index (κ2) is 7.99. The minimum absolute atomic E-state index is 0.0457. The highest BCUT2D eigenvalue weighted by Gasteiger charge is 2.39. The maximum absolute atomic E-state index is 12.7. The molecule has 1 aromatic carbocycles. The summed E-state index contributed by atoms with van der Waals surface area (Å²) in [6.07, 6.45) is -1.11. The lowest BCUT2D eigenvalue weighted by molar-refractivity contribution is -0.135. The van der Waals surface area contributed by atoms with Gasteiger partial charge < -0.3 is 15.7 Å². The van der Waals surface area contributed by atoms with E-state index >= 15 is 0 Å². The third-order valence-corrected chi connectivity index (χ3v) is 4.85. The highest BCUT2D eigenvalue weighted by molar-refractivity contribution is 5.82. The Kier molecular flexibility index (Phi) is 6.61. The molecule has 23 heavy (non-hydrogen) atoms. The van der Waals surface area contributed by atoms with Gasteiger partial charge in [0, 0.05) is 6.54 Å². The van der Waals surface area contributed by atoms with Crippen molar-refractivity contribution in [2.24, 2.45) is 17.3 Å². The summed E-state index contributed by atoms with van der Waals surface area (Å²) in [7, 11) is 0. The van der Waals surface area contributed by atoms with E-state index in [4.69, 9.17) is 5.11 Å². The standard InChI is InChI=1S/C18H28N2O3/c1-12(2)18(5,13(3)4)16(21)19-11-15(20-17(22)23)14-9-7-6-8-10-14/h6-10,12-13,15,20H,11H2,1-5H3,(H,19,21)(H,22,23). The van der Waals surface area contributed by atoms with Crippen LogP contribution in [-0.4, -0.2) is 23.7 Å². The zero-order valence-electron chi connectivity index (χ0n) is 14.6. The smallest absolute Gasteiger partial charge is 0.405 e. The number of carbonyl (C=O) groups excluding carboxylic acids is 1. The van der Waals surface area contributed by atoms with Gasteiger partial charge in [-0.05, 0) is 17.4 Å². The first-order chi connectivity index (χ1) is 10.7. The molecule has 0 aromatic heterocycles. The first-order valence-corrected chi connectivity index (χ1v) is 8.02. The van der Waals surface area contributed by atoms with Gasteiger partial charge in [-0.1, -0.05) is 65.0 Å². The van der Waals surface area contributed by atoms with Crippen molar-refractivity contribution in [3.63, 3.8) is 0 Å². The van der Waals surface area contributed by atoms with Crippen molar-refractivity contribution >= 4 is 12.0 Å². The van der Waals surface area contributed by atoms with E-state index in [0.717, 1.165) is 5.56 Å². The summed E-state index contributed by atoms with van der Waals surface area (Å²) < 4.78 is 0. The third-order valence-electron chi connectivity index (χ3n) is 4.85. The van der Waals surface area contributed by atoms with Crippen LogP contribution in [-0.2, 0) is 4.79 Å². The molecule has 0 aliphatic rings. The molecule has 0 saturated carbocycles. The van der Waals surface area contributed by atoms with E-state index < -0.39 is 17.6 Å². The van der Waals surface area contributed by atoms with Gasteiger partial charge in [0.2, 0.25) is 5.91 Å². The normalized spacial score (nSPS) is 13.0.